The molecule has 0 saturated heterocycles. The van der Waals surface area contributed by atoms with Gasteiger partial charge in [-0.15, -0.1) is 0 Å². The summed E-state index contributed by atoms with van der Waals surface area (Å²) >= 11 is 0. The lowest BCUT2D eigenvalue weighted by Crippen LogP contribution is -2.10. The average Bonchev–Trinajstić information content (AvgIpc) is 3.12. The van der Waals surface area contributed by atoms with Gasteiger partial charge >= 0.3 is 0 Å². The highest BCUT2D eigenvalue weighted by atomic mass is 15.1. The normalized spacial score (nSPS) is 15.2. The summed E-state index contributed by atoms with van der Waals surface area (Å²) < 4.78 is 2.27. The van der Waals surface area contributed by atoms with Gasteiger partial charge in [-0.2, -0.15) is 0 Å². The van der Waals surface area contributed by atoms with Crippen LogP contribution in [0.2, 0.25) is 0 Å². The molecule has 1 N–H and O–H groups in total. The molecular formula is C21H23N5. The first-order valence-electron chi connectivity index (χ1n) is 9.45. The summed E-state index contributed by atoms with van der Waals surface area (Å²) in [7, 11) is 0. The Bertz CT molecular complexity index is 1110. The number of aromatic nitrogens is 5. The van der Waals surface area contributed by atoms with Crippen LogP contribution in [-0.4, -0.2) is 24.5 Å². The number of pyridine rings is 2. The van der Waals surface area contributed by atoms with Crippen LogP contribution in [-0.2, 0) is 0 Å². The van der Waals surface area contributed by atoms with Crippen LogP contribution in [0.1, 0.15) is 56.6 Å². The number of fused-ring (bicyclic) bond motifs is 2. The van der Waals surface area contributed by atoms with E-state index in [2.05, 4.69) is 58.5 Å². The van der Waals surface area contributed by atoms with E-state index in [4.69, 9.17) is 4.98 Å². The van der Waals surface area contributed by atoms with Crippen molar-refractivity contribution in [2.24, 2.45) is 0 Å². The van der Waals surface area contributed by atoms with Gasteiger partial charge in [0.1, 0.15) is 17.0 Å². The van der Waals surface area contributed by atoms with Crippen molar-refractivity contribution in [2.75, 3.05) is 0 Å². The molecule has 0 bridgehead atoms. The number of aryl methyl sites for hydroxylation is 1. The minimum Gasteiger partial charge on any atom is -0.345 e. The number of nitrogens with one attached hydrogen (secondary N) is 1. The molecule has 5 heteroatoms. The first-order chi connectivity index (χ1) is 12.6. The molecule has 26 heavy (non-hydrogen) atoms. The summed E-state index contributed by atoms with van der Waals surface area (Å²) in [5.41, 5.74) is 6.32. The molecule has 0 aliphatic heterocycles. The van der Waals surface area contributed by atoms with Crippen LogP contribution < -0.4 is 0 Å². The minimum atomic E-state index is 0.366. The lowest BCUT2D eigenvalue weighted by molar-refractivity contribution is 0.412. The first kappa shape index (κ1) is 15.6. The zero-order chi connectivity index (χ0) is 17.8. The molecule has 132 valence electrons. The number of hydrogen-bond donors (Lipinski definition) is 1. The van der Waals surface area contributed by atoms with Crippen LogP contribution in [0, 0.1) is 6.92 Å². The zero-order valence-corrected chi connectivity index (χ0v) is 15.5. The number of hydrogen-bond acceptors (Lipinski definition) is 3. The van der Waals surface area contributed by atoms with Crippen molar-refractivity contribution in [3.8, 4) is 11.3 Å². The lowest BCUT2D eigenvalue weighted by atomic mass is 9.82. The molecule has 4 aromatic heterocycles. The summed E-state index contributed by atoms with van der Waals surface area (Å²) in [5.74, 6) is 1.67. The van der Waals surface area contributed by atoms with Gasteiger partial charge in [-0.3, -0.25) is 4.98 Å². The fourth-order valence-electron chi connectivity index (χ4n) is 4.08. The molecule has 1 aliphatic carbocycles. The van der Waals surface area contributed by atoms with Crippen molar-refractivity contribution >= 4 is 22.1 Å². The Morgan fingerprint density at radius 1 is 1.19 bits per heavy atom. The molecule has 5 rings (SSSR count). The highest BCUT2D eigenvalue weighted by molar-refractivity contribution is 5.94. The number of aromatic amines is 1. The van der Waals surface area contributed by atoms with E-state index in [1.807, 2.05) is 12.4 Å². The van der Waals surface area contributed by atoms with Crippen molar-refractivity contribution in [3.05, 3.63) is 42.1 Å². The molecule has 0 unspecified atom stereocenters. The van der Waals surface area contributed by atoms with E-state index in [0.29, 0.717) is 12.0 Å². The quantitative estimate of drug-likeness (QED) is 0.560. The Morgan fingerprint density at radius 2 is 2.04 bits per heavy atom. The molecule has 5 nitrogen and oxygen atoms in total. The number of imidazole rings is 1. The molecule has 0 atom stereocenters. The smallest absolute Gasteiger partial charge is 0.138 e. The SMILES string of the molecule is Cc1nc2cnc(-c3c[nH]c4nc(C5CCC5)ccc34)cc2n1C(C)C. The molecule has 0 spiro atoms. The average molecular weight is 345 g/mol. The third kappa shape index (κ3) is 2.26. The maximum absolute atomic E-state index is 4.85. The van der Waals surface area contributed by atoms with E-state index in [1.54, 1.807) is 0 Å². The van der Waals surface area contributed by atoms with Crippen LogP contribution in [0.25, 0.3) is 33.3 Å². The Kier molecular flexibility index (Phi) is 3.39. The molecule has 4 aromatic rings. The summed E-state index contributed by atoms with van der Waals surface area (Å²) in [4.78, 5) is 17.5. The molecule has 4 heterocycles. The van der Waals surface area contributed by atoms with Gasteiger partial charge in [0.05, 0.1) is 17.4 Å². The molecule has 1 saturated carbocycles. The third-order valence-electron chi connectivity index (χ3n) is 5.63. The fourth-order valence-corrected chi connectivity index (χ4v) is 4.08. The molecular weight excluding hydrogens is 322 g/mol. The van der Waals surface area contributed by atoms with Crippen molar-refractivity contribution in [3.63, 3.8) is 0 Å². The van der Waals surface area contributed by atoms with Gasteiger partial charge in [0.2, 0.25) is 0 Å². The summed E-state index contributed by atoms with van der Waals surface area (Å²) in [6.45, 7) is 6.43. The first-order valence-corrected chi connectivity index (χ1v) is 9.45. The van der Waals surface area contributed by atoms with Crippen LogP contribution in [0.4, 0.5) is 0 Å². The second-order valence-electron chi connectivity index (χ2n) is 7.64. The van der Waals surface area contributed by atoms with Gasteiger partial charge in [0.25, 0.3) is 0 Å². The van der Waals surface area contributed by atoms with E-state index in [1.165, 1.54) is 25.0 Å². The monoisotopic (exact) mass is 345 g/mol. The van der Waals surface area contributed by atoms with Crippen LogP contribution in [0.3, 0.4) is 0 Å². The maximum atomic E-state index is 4.85. The predicted molar refractivity (Wildman–Crippen MR) is 104 cm³/mol. The molecule has 0 radical (unpaired) electrons. The summed E-state index contributed by atoms with van der Waals surface area (Å²) in [6, 6.07) is 6.89. The zero-order valence-electron chi connectivity index (χ0n) is 15.5. The highest BCUT2D eigenvalue weighted by Crippen LogP contribution is 2.37. The molecule has 1 fully saturated rings. The van der Waals surface area contributed by atoms with Gasteiger partial charge in [0, 0.05) is 34.8 Å². The standard InChI is InChI=1S/C21H23N5/c1-12(2)26-13(3)24-19-11-22-18(9-20(19)26)16-10-23-21-15(16)7-8-17(25-21)14-5-4-6-14/h7-12,14H,4-6H2,1-3H3,(H,23,25). The van der Waals surface area contributed by atoms with E-state index < -0.39 is 0 Å². The van der Waals surface area contributed by atoms with Gasteiger partial charge in [0.15, 0.2) is 0 Å². The van der Waals surface area contributed by atoms with E-state index >= 15 is 0 Å². The second kappa shape index (κ2) is 5.66. The Labute approximate surface area is 152 Å². The minimum absolute atomic E-state index is 0.366. The van der Waals surface area contributed by atoms with Crippen molar-refractivity contribution in [1.82, 2.24) is 24.5 Å². The molecule has 1 aliphatic rings. The summed E-state index contributed by atoms with van der Waals surface area (Å²) in [6.07, 6.45) is 7.77. The van der Waals surface area contributed by atoms with E-state index in [0.717, 1.165) is 39.1 Å². The summed E-state index contributed by atoms with van der Waals surface area (Å²) in [5, 5.41) is 1.13. The van der Waals surface area contributed by atoms with Crippen LogP contribution in [0.15, 0.2) is 30.6 Å². The largest absolute Gasteiger partial charge is 0.345 e. The maximum Gasteiger partial charge on any atom is 0.138 e. The van der Waals surface area contributed by atoms with E-state index in [9.17, 15) is 0 Å². The third-order valence-corrected chi connectivity index (χ3v) is 5.63. The van der Waals surface area contributed by atoms with Crippen molar-refractivity contribution < 1.29 is 0 Å². The predicted octanol–water partition coefficient (Wildman–Crippen LogP) is 5.13. The van der Waals surface area contributed by atoms with Crippen LogP contribution >= 0.6 is 0 Å². The Balaban J connectivity index is 1.64. The van der Waals surface area contributed by atoms with Crippen molar-refractivity contribution in [1.29, 1.82) is 0 Å². The Morgan fingerprint density at radius 3 is 2.77 bits per heavy atom. The Hall–Kier alpha value is -2.69. The molecule has 0 amide bonds. The fraction of sp³-hybridized carbons (Fsp3) is 0.381. The van der Waals surface area contributed by atoms with Crippen molar-refractivity contribution in [2.45, 2.75) is 52.0 Å². The van der Waals surface area contributed by atoms with Gasteiger partial charge in [-0.1, -0.05) is 6.42 Å². The second-order valence-corrected chi connectivity index (χ2v) is 7.64. The topological polar surface area (TPSA) is 59.4 Å². The van der Waals surface area contributed by atoms with Gasteiger partial charge in [-0.25, -0.2) is 9.97 Å². The number of rotatable bonds is 3. The van der Waals surface area contributed by atoms with Gasteiger partial charge < -0.3 is 9.55 Å². The number of nitrogens with zero attached hydrogens (tertiary/aromatic N) is 4. The van der Waals surface area contributed by atoms with Crippen LogP contribution in [0.5, 0.6) is 0 Å². The highest BCUT2D eigenvalue weighted by Gasteiger charge is 2.22. The molecule has 0 aromatic carbocycles. The van der Waals surface area contributed by atoms with Gasteiger partial charge in [-0.05, 0) is 51.8 Å². The lowest BCUT2D eigenvalue weighted by Gasteiger charge is -2.24. The number of H-pyrrole nitrogens is 1. The van der Waals surface area contributed by atoms with E-state index in [-0.39, 0.29) is 0 Å².